The van der Waals surface area contributed by atoms with E-state index >= 15 is 0 Å². The minimum atomic E-state index is -0.298. The smallest absolute Gasteiger partial charge is 0.334 e. The largest absolute Gasteiger partial charge is 0.455 e. The van der Waals surface area contributed by atoms with Crippen molar-refractivity contribution in [2.24, 2.45) is 16.8 Å². The van der Waals surface area contributed by atoms with Gasteiger partial charge >= 0.3 is 11.9 Å². The summed E-state index contributed by atoms with van der Waals surface area (Å²) in [6.45, 7) is 13.3. The average molecular weight is 589 g/mol. The molecule has 0 amide bonds. The fourth-order valence-corrected chi connectivity index (χ4v) is 7.42. The topological polar surface area (TPSA) is 121 Å². The molecule has 2 aliphatic carbocycles. The van der Waals surface area contributed by atoms with Crippen LogP contribution in [0.25, 0.3) is 0 Å². The molecule has 0 radical (unpaired) electrons. The minimum absolute atomic E-state index is 0.0236. The Balaban J connectivity index is 0.973. The lowest BCUT2D eigenvalue weighted by Crippen LogP contribution is -2.29. The van der Waals surface area contributed by atoms with Crippen LogP contribution in [0.3, 0.4) is 0 Å². The molecule has 0 bridgehead atoms. The van der Waals surface area contributed by atoms with Gasteiger partial charge in [-0.05, 0) is 70.8 Å². The Morgan fingerprint density at radius 3 is 2.21 bits per heavy atom. The van der Waals surface area contributed by atoms with Crippen molar-refractivity contribution in [3.8, 4) is 0 Å². The molecule has 5 heterocycles. The Morgan fingerprint density at radius 2 is 1.56 bits per heavy atom. The van der Waals surface area contributed by atoms with Crippen LogP contribution in [0.2, 0.25) is 0 Å². The number of ether oxygens (including phenoxy) is 4. The normalized spacial score (nSPS) is 41.5. The molecule has 0 saturated carbocycles. The van der Waals surface area contributed by atoms with Gasteiger partial charge in [0.25, 0.3) is 0 Å². The summed E-state index contributed by atoms with van der Waals surface area (Å²) in [7, 11) is 0. The molecule has 4 saturated heterocycles. The van der Waals surface area contributed by atoms with Crippen molar-refractivity contribution in [1.29, 1.82) is 0 Å². The zero-order chi connectivity index (χ0) is 29.9. The third kappa shape index (κ3) is 5.44. The molecule has 10 heteroatoms. The quantitative estimate of drug-likeness (QED) is 0.164. The first-order valence-electron chi connectivity index (χ1n) is 15.5. The monoisotopic (exact) mass is 588 g/mol. The number of epoxide rings is 2. The van der Waals surface area contributed by atoms with Crippen LogP contribution in [0.4, 0.5) is 0 Å². The number of esters is 2. The second-order valence-corrected chi connectivity index (χ2v) is 13.4. The first-order chi connectivity index (χ1) is 20.6. The zero-order valence-corrected chi connectivity index (χ0v) is 25.0. The van der Waals surface area contributed by atoms with Gasteiger partial charge in [0.05, 0.1) is 30.5 Å². The maximum Gasteiger partial charge on any atom is 0.334 e. The van der Waals surface area contributed by atoms with E-state index in [-0.39, 0.29) is 59.4 Å². The summed E-state index contributed by atoms with van der Waals surface area (Å²) >= 11 is 0. The van der Waals surface area contributed by atoms with E-state index < -0.39 is 0 Å². The van der Waals surface area contributed by atoms with Gasteiger partial charge in [0.1, 0.15) is 30.1 Å². The minimum Gasteiger partial charge on any atom is -0.455 e. The molecule has 10 nitrogen and oxygen atoms in total. The van der Waals surface area contributed by atoms with Gasteiger partial charge in [-0.2, -0.15) is 0 Å². The van der Waals surface area contributed by atoms with Crippen molar-refractivity contribution < 1.29 is 28.5 Å². The van der Waals surface area contributed by atoms with Crippen molar-refractivity contribution in [2.75, 3.05) is 0 Å². The third-order valence-corrected chi connectivity index (χ3v) is 10.3. The van der Waals surface area contributed by atoms with E-state index in [1.165, 1.54) is 5.57 Å². The molecule has 0 unspecified atom stereocenters. The average Bonchev–Trinajstić information content (AvgIpc) is 3.66. The molecule has 6 aliphatic rings. The Kier molecular flexibility index (Phi) is 7.04. The Labute approximate surface area is 251 Å². The molecule has 228 valence electrons. The van der Waals surface area contributed by atoms with Gasteiger partial charge in [0, 0.05) is 29.2 Å². The fraction of sp³-hybridized carbons (Fsp3) is 0.606. The zero-order valence-electron chi connectivity index (χ0n) is 25.0. The number of nitrogens with zero attached hydrogens (tertiary/aromatic N) is 4. The lowest BCUT2D eigenvalue weighted by Gasteiger charge is -2.20. The van der Waals surface area contributed by atoms with Crippen LogP contribution in [0.15, 0.2) is 58.8 Å². The number of hydrogen-bond donors (Lipinski definition) is 0. The van der Waals surface area contributed by atoms with E-state index in [1.54, 1.807) is 0 Å². The number of hydrogen-bond acceptors (Lipinski definition) is 9. The predicted molar refractivity (Wildman–Crippen MR) is 157 cm³/mol. The van der Waals surface area contributed by atoms with Crippen LogP contribution in [0.1, 0.15) is 70.9 Å². The maximum absolute atomic E-state index is 12.3. The Hall–Kier alpha value is -3.37. The van der Waals surface area contributed by atoms with Crippen molar-refractivity contribution in [3.63, 3.8) is 0 Å². The van der Waals surface area contributed by atoms with Crippen molar-refractivity contribution in [1.82, 2.24) is 15.0 Å². The second kappa shape index (κ2) is 10.7. The first-order valence-corrected chi connectivity index (χ1v) is 15.5. The molecule has 4 aliphatic heterocycles. The van der Waals surface area contributed by atoms with Gasteiger partial charge in [-0.1, -0.05) is 36.1 Å². The number of carbonyl (C=O) groups excluding carboxylic acids is 2. The summed E-state index contributed by atoms with van der Waals surface area (Å²) in [5.41, 5.74) is 3.80. The molecule has 0 N–H and O–H groups in total. The SMILES string of the molecule is C=C1C(=O)O[C@H]2[C@H]1CC/C(C=NCc1cn(C/C3=C/CC[C@@]4(C)O[C@H]4[C@H]4OC(=O)C(=C)[C@@H]4CC3)nn1)=C\CC[C@@]1(C)O[C@@H]21. The van der Waals surface area contributed by atoms with E-state index in [2.05, 4.69) is 49.5 Å². The molecule has 4 fully saturated rings. The number of aromatic nitrogens is 3. The summed E-state index contributed by atoms with van der Waals surface area (Å²) in [5.74, 6) is -0.646. The van der Waals surface area contributed by atoms with Gasteiger partial charge in [-0.15, -0.1) is 5.10 Å². The van der Waals surface area contributed by atoms with Crippen LogP contribution in [0.5, 0.6) is 0 Å². The van der Waals surface area contributed by atoms with E-state index in [0.29, 0.717) is 24.2 Å². The van der Waals surface area contributed by atoms with Crippen molar-refractivity contribution in [2.45, 2.75) is 114 Å². The summed E-state index contributed by atoms with van der Waals surface area (Å²) in [5, 5.41) is 8.73. The molecule has 8 atom stereocenters. The highest BCUT2D eigenvalue weighted by molar-refractivity contribution is 5.91. The highest BCUT2D eigenvalue weighted by Gasteiger charge is 2.62. The molecule has 0 spiro atoms. The third-order valence-electron chi connectivity index (χ3n) is 10.3. The van der Waals surface area contributed by atoms with E-state index in [1.807, 2.05) is 17.1 Å². The molecule has 0 aromatic carbocycles. The van der Waals surface area contributed by atoms with Gasteiger partial charge < -0.3 is 18.9 Å². The van der Waals surface area contributed by atoms with Gasteiger partial charge in [0.15, 0.2) is 0 Å². The van der Waals surface area contributed by atoms with E-state index in [0.717, 1.165) is 62.6 Å². The summed E-state index contributed by atoms with van der Waals surface area (Å²) < 4.78 is 25.2. The number of fused-ring (bicyclic) bond motifs is 6. The fourth-order valence-electron chi connectivity index (χ4n) is 7.42. The molecular formula is C33H40N4O6. The number of aliphatic imine (C=N–C) groups is 1. The summed E-state index contributed by atoms with van der Waals surface area (Å²) in [6, 6.07) is 0. The number of allylic oxidation sites excluding steroid dienone is 4. The first kappa shape index (κ1) is 28.4. The van der Waals surface area contributed by atoms with Crippen molar-refractivity contribution >= 4 is 18.2 Å². The maximum atomic E-state index is 12.3. The molecule has 43 heavy (non-hydrogen) atoms. The van der Waals surface area contributed by atoms with Crippen LogP contribution in [-0.4, -0.2) is 68.8 Å². The predicted octanol–water partition coefficient (Wildman–Crippen LogP) is 4.36. The van der Waals surface area contributed by atoms with E-state index in [4.69, 9.17) is 23.9 Å². The second-order valence-electron chi connectivity index (χ2n) is 13.4. The van der Waals surface area contributed by atoms with Crippen LogP contribution >= 0.6 is 0 Å². The summed E-state index contributed by atoms with van der Waals surface area (Å²) in [6.07, 6.45) is 14.6. The number of rotatable bonds is 5. The Bertz CT molecular complexity index is 1460. The highest BCUT2D eigenvalue weighted by Crippen LogP contribution is 2.51. The van der Waals surface area contributed by atoms with E-state index in [9.17, 15) is 9.59 Å². The number of carbonyl (C=O) groups is 2. The molecule has 1 aromatic rings. The van der Waals surface area contributed by atoms with Gasteiger partial charge in [-0.3, -0.25) is 4.99 Å². The molecular weight excluding hydrogens is 548 g/mol. The molecule has 1 aromatic heterocycles. The lowest BCUT2D eigenvalue weighted by atomic mass is 9.84. The highest BCUT2D eigenvalue weighted by atomic mass is 16.7. The van der Waals surface area contributed by atoms with Gasteiger partial charge in [-0.25, -0.2) is 14.3 Å². The Morgan fingerprint density at radius 1 is 0.953 bits per heavy atom. The lowest BCUT2D eigenvalue weighted by molar-refractivity contribution is -0.140. The standard InChI is InChI=1S/C33H40N4O6/c1-19-24-11-9-21(7-5-13-32(3)28(42-32)26(24)40-30(19)38)15-34-16-23-18-37(36-35-23)17-22-8-6-14-33(4)29(43-33)27-25(12-10-22)20(2)31(39)41-27/h7-8,15,18,24-29H,1-2,5-6,9-14,16-17H2,3-4H3/b21-7+,22-8+,34-15?/t24-,25-,26-,27-,28-,29-,32+,33+/m0/s1. The van der Waals surface area contributed by atoms with Crippen LogP contribution in [0, 0.1) is 11.8 Å². The van der Waals surface area contributed by atoms with Crippen molar-refractivity contribution in [3.05, 3.63) is 59.5 Å². The van der Waals surface area contributed by atoms with Crippen LogP contribution in [-0.2, 0) is 41.6 Å². The summed E-state index contributed by atoms with van der Waals surface area (Å²) in [4.78, 5) is 29.2. The van der Waals surface area contributed by atoms with Gasteiger partial charge in [0.2, 0.25) is 0 Å². The molecule has 7 rings (SSSR count). The van der Waals surface area contributed by atoms with Crippen LogP contribution < -0.4 is 0 Å².